The number of H-pyrrole nitrogens is 1. The number of rotatable bonds is 2. The molecule has 0 bridgehead atoms. The van der Waals surface area contributed by atoms with E-state index >= 15 is 0 Å². The Morgan fingerprint density at radius 2 is 1.85 bits per heavy atom. The van der Waals surface area contributed by atoms with Crippen molar-refractivity contribution in [2.24, 2.45) is 0 Å². The van der Waals surface area contributed by atoms with Gasteiger partial charge in [0, 0.05) is 49.2 Å². The van der Waals surface area contributed by atoms with E-state index in [0.717, 1.165) is 71.1 Å². The molecule has 3 aromatic heterocycles. The van der Waals surface area contributed by atoms with Crippen molar-refractivity contribution in [1.29, 1.82) is 0 Å². The Hall–Kier alpha value is -4.15. The van der Waals surface area contributed by atoms with Crippen LogP contribution in [0.25, 0.3) is 28.1 Å². The summed E-state index contributed by atoms with van der Waals surface area (Å²) in [5.41, 5.74) is 7.91. The zero-order valence-corrected chi connectivity index (χ0v) is 19.3. The highest BCUT2D eigenvalue weighted by Crippen LogP contribution is 2.26. The van der Waals surface area contributed by atoms with E-state index < -0.39 is 0 Å². The lowest BCUT2D eigenvalue weighted by atomic mass is 10.0. The molecule has 1 aliphatic heterocycles. The van der Waals surface area contributed by atoms with Crippen LogP contribution in [-0.2, 0) is 0 Å². The lowest BCUT2D eigenvalue weighted by molar-refractivity contribution is 0.313. The molecule has 7 heteroatoms. The maximum absolute atomic E-state index is 4.85. The van der Waals surface area contributed by atoms with Gasteiger partial charge in [0.25, 0.3) is 0 Å². The molecule has 2 aromatic carbocycles. The quantitative estimate of drug-likeness (QED) is 0.418. The van der Waals surface area contributed by atoms with Crippen molar-refractivity contribution in [3.63, 3.8) is 0 Å². The smallest absolute Gasteiger partial charge is 0.154 e. The van der Waals surface area contributed by atoms with Gasteiger partial charge in [0.15, 0.2) is 5.65 Å². The molecule has 7 nitrogen and oxygen atoms in total. The first kappa shape index (κ1) is 20.5. The maximum Gasteiger partial charge on any atom is 0.154 e. The van der Waals surface area contributed by atoms with Crippen LogP contribution in [0.1, 0.15) is 16.8 Å². The van der Waals surface area contributed by atoms with Crippen LogP contribution in [0.2, 0.25) is 0 Å². The number of hydrogen-bond donors (Lipinski definition) is 1. The highest BCUT2D eigenvalue weighted by atomic mass is 15.3. The molecule has 0 atom stereocenters. The molecule has 6 rings (SSSR count). The van der Waals surface area contributed by atoms with Gasteiger partial charge in [-0.05, 0) is 61.9 Å². The van der Waals surface area contributed by atoms with Gasteiger partial charge in [0.05, 0.1) is 17.2 Å². The molecule has 0 amide bonds. The minimum atomic E-state index is 0.764. The van der Waals surface area contributed by atoms with Crippen molar-refractivity contribution in [2.45, 2.75) is 6.92 Å². The molecular formula is C27H25N7. The van der Waals surface area contributed by atoms with Crippen molar-refractivity contribution in [3.8, 4) is 23.2 Å². The van der Waals surface area contributed by atoms with Crippen molar-refractivity contribution < 1.29 is 0 Å². The van der Waals surface area contributed by atoms with Crippen molar-refractivity contribution in [3.05, 3.63) is 77.7 Å². The predicted molar refractivity (Wildman–Crippen MR) is 135 cm³/mol. The minimum Gasteiger partial charge on any atom is -0.369 e. The molecule has 0 spiro atoms. The SMILES string of the molecule is Cc1ccc(-c2nc3ccc(N4CCN(C)CC4)cc3[nH]2)cc1C#Cc1cnc2cccnn12. The third kappa shape index (κ3) is 3.78. The Kier molecular flexibility index (Phi) is 5.01. The van der Waals surface area contributed by atoms with Gasteiger partial charge in [0.1, 0.15) is 11.5 Å². The lowest BCUT2D eigenvalue weighted by Crippen LogP contribution is -2.44. The molecule has 4 heterocycles. The van der Waals surface area contributed by atoms with Gasteiger partial charge in [-0.3, -0.25) is 0 Å². The fourth-order valence-electron chi connectivity index (χ4n) is 4.35. The van der Waals surface area contributed by atoms with Crippen molar-refractivity contribution in [1.82, 2.24) is 29.5 Å². The number of aryl methyl sites for hydroxylation is 1. The van der Waals surface area contributed by atoms with E-state index in [4.69, 9.17) is 4.98 Å². The average Bonchev–Trinajstić information content (AvgIpc) is 3.48. The number of piperazine rings is 1. The average molecular weight is 448 g/mol. The Balaban J connectivity index is 1.31. The van der Waals surface area contributed by atoms with Crippen molar-refractivity contribution in [2.75, 3.05) is 38.1 Å². The Morgan fingerprint density at radius 3 is 2.74 bits per heavy atom. The number of aromatic nitrogens is 5. The number of imidazole rings is 2. The number of likely N-dealkylation sites (N-methyl/N-ethyl adjacent to an activating group) is 1. The first-order chi connectivity index (χ1) is 16.6. The fraction of sp³-hybridized carbons (Fsp3) is 0.222. The zero-order chi connectivity index (χ0) is 23.1. The molecular weight excluding hydrogens is 422 g/mol. The van der Waals surface area contributed by atoms with Gasteiger partial charge >= 0.3 is 0 Å². The van der Waals surface area contributed by atoms with Gasteiger partial charge in [-0.25, -0.2) is 14.5 Å². The van der Waals surface area contributed by atoms with E-state index in [0.29, 0.717) is 0 Å². The molecule has 5 aromatic rings. The molecule has 1 N–H and O–H groups in total. The normalized spacial score (nSPS) is 14.5. The van der Waals surface area contributed by atoms with Crippen LogP contribution in [0.4, 0.5) is 5.69 Å². The summed E-state index contributed by atoms with van der Waals surface area (Å²) in [7, 11) is 2.18. The highest BCUT2D eigenvalue weighted by molar-refractivity contribution is 5.83. The summed E-state index contributed by atoms with van der Waals surface area (Å²) in [6.45, 7) is 6.34. The predicted octanol–water partition coefficient (Wildman–Crippen LogP) is 3.73. The maximum atomic E-state index is 4.85. The van der Waals surface area contributed by atoms with Gasteiger partial charge in [-0.15, -0.1) is 0 Å². The Morgan fingerprint density at radius 1 is 0.971 bits per heavy atom. The van der Waals surface area contributed by atoms with Crippen LogP contribution in [0, 0.1) is 18.8 Å². The Labute approximate surface area is 198 Å². The summed E-state index contributed by atoms with van der Waals surface area (Å²) in [6, 6.07) is 16.6. The summed E-state index contributed by atoms with van der Waals surface area (Å²) in [5, 5.41) is 4.34. The summed E-state index contributed by atoms with van der Waals surface area (Å²) >= 11 is 0. The Bertz CT molecular complexity index is 1560. The molecule has 0 aliphatic carbocycles. The molecule has 0 saturated carbocycles. The van der Waals surface area contributed by atoms with Crippen LogP contribution in [0.3, 0.4) is 0 Å². The van der Waals surface area contributed by atoms with Gasteiger partial charge < -0.3 is 14.8 Å². The van der Waals surface area contributed by atoms with Crippen LogP contribution in [0.5, 0.6) is 0 Å². The molecule has 1 aliphatic rings. The summed E-state index contributed by atoms with van der Waals surface area (Å²) in [5.74, 6) is 7.38. The lowest BCUT2D eigenvalue weighted by Gasteiger charge is -2.34. The number of nitrogens with one attached hydrogen (secondary N) is 1. The zero-order valence-electron chi connectivity index (χ0n) is 19.3. The second-order valence-electron chi connectivity index (χ2n) is 8.79. The monoisotopic (exact) mass is 447 g/mol. The molecule has 0 unspecified atom stereocenters. The van der Waals surface area contributed by atoms with Crippen LogP contribution in [0.15, 0.2) is 60.9 Å². The van der Waals surface area contributed by atoms with Gasteiger partial charge in [-0.1, -0.05) is 18.1 Å². The van der Waals surface area contributed by atoms with Crippen LogP contribution < -0.4 is 4.90 Å². The first-order valence-electron chi connectivity index (χ1n) is 11.5. The topological polar surface area (TPSA) is 65.4 Å². The van der Waals surface area contributed by atoms with Crippen LogP contribution >= 0.6 is 0 Å². The summed E-state index contributed by atoms with van der Waals surface area (Å²) in [4.78, 5) is 17.5. The number of anilines is 1. The first-order valence-corrected chi connectivity index (χ1v) is 11.5. The van der Waals surface area contributed by atoms with Crippen LogP contribution in [-0.4, -0.2) is 62.7 Å². The van der Waals surface area contributed by atoms with E-state index in [1.165, 1.54) is 5.69 Å². The number of aromatic amines is 1. The molecule has 0 radical (unpaired) electrons. The van der Waals surface area contributed by atoms with Crippen molar-refractivity contribution >= 4 is 22.4 Å². The van der Waals surface area contributed by atoms with E-state index in [1.54, 1.807) is 16.9 Å². The number of hydrogen-bond acceptors (Lipinski definition) is 5. The van der Waals surface area contributed by atoms with Gasteiger partial charge in [0.2, 0.25) is 0 Å². The summed E-state index contributed by atoms with van der Waals surface area (Å²) < 4.78 is 1.75. The van der Waals surface area contributed by atoms with E-state index in [9.17, 15) is 0 Å². The fourth-order valence-corrected chi connectivity index (χ4v) is 4.35. The minimum absolute atomic E-state index is 0.764. The third-order valence-corrected chi connectivity index (χ3v) is 6.45. The van der Waals surface area contributed by atoms with E-state index in [1.807, 2.05) is 12.1 Å². The van der Waals surface area contributed by atoms with Gasteiger partial charge in [-0.2, -0.15) is 5.10 Å². The summed E-state index contributed by atoms with van der Waals surface area (Å²) in [6.07, 6.45) is 3.49. The highest BCUT2D eigenvalue weighted by Gasteiger charge is 2.15. The molecule has 1 fully saturated rings. The third-order valence-electron chi connectivity index (χ3n) is 6.45. The molecule has 34 heavy (non-hydrogen) atoms. The standard InChI is InChI=1S/C27H25N7/c1-19-5-6-21(16-20(19)7-8-23-18-28-26-4-3-11-29-34(23)26)27-30-24-10-9-22(17-25(24)31-27)33-14-12-32(2)13-15-33/h3-6,9-11,16-18H,12-15H2,1-2H3,(H,30,31). The molecule has 1 saturated heterocycles. The van der Waals surface area contributed by atoms with E-state index in [2.05, 4.69) is 87.1 Å². The molecule has 168 valence electrons. The van der Waals surface area contributed by atoms with E-state index in [-0.39, 0.29) is 0 Å². The largest absolute Gasteiger partial charge is 0.369 e. The second-order valence-corrected chi connectivity index (χ2v) is 8.79. The number of fused-ring (bicyclic) bond motifs is 2. The second kappa shape index (κ2) is 8.32. The number of nitrogens with zero attached hydrogens (tertiary/aromatic N) is 6. The number of benzene rings is 2.